The van der Waals surface area contributed by atoms with Crippen LogP contribution in [-0.4, -0.2) is 23.9 Å². The van der Waals surface area contributed by atoms with Gasteiger partial charge in [0.1, 0.15) is 0 Å². The molecular weight excluding hydrogens is 283 g/mol. The Morgan fingerprint density at radius 2 is 1.82 bits per heavy atom. The van der Waals surface area contributed by atoms with Crippen LogP contribution in [0.2, 0.25) is 0 Å². The Hall–Kier alpha value is -0.961. The summed E-state index contributed by atoms with van der Waals surface area (Å²) < 4.78 is 25.7. The number of aliphatic hydroxyl groups is 1. The van der Waals surface area contributed by atoms with Gasteiger partial charge in [-0.3, -0.25) is 0 Å². The Bertz CT molecular complexity index is 541. The van der Waals surface area contributed by atoms with Crippen LogP contribution in [0.4, 0.5) is 0 Å². The number of benzene rings is 1. The molecule has 92 valence electrons. The average Bonchev–Trinajstić information content (AvgIpc) is 2.54. The van der Waals surface area contributed by atoms with Crippen LogP contribution in [-0.2, 0) is 7.67 Å². The van der Waals surface area contributed by atoms with Crippen LogP contribution in [0.3, 0.4) is 0 Å². The first-order chi connectivity index (χ1) is 7.84. The van der Waals surface area contributed by atoms with Crippen LogP contribution in [0.25, 0.3) is 0 Å². The number of hydrogen-bond donors (Lipinski definition) is 1. The fourth-order valence-electron chi connectivity index (χ4n) is 2.26. The summed E-state index contributed by atoms with van der Waals surface area (Å²) in [6.07, 6.45) is 1.31. The Balaban J connectivity index is 2.52. The van der Waals surface area contributed by atoms with Gasteiger partial charge in [0.25, 0.3) is 0 Å². The zero-order chi connectivity index (χ0) is 12.7. The Kier molecular flexibility index (Phi) is 2.98. The van der Waals surface area contributed by atoms with Gasteiger partial charge in [-0.2, -0.15) is 0 Å². The Labute approximate surface area is 103 Å². The summed E-state index contributed by atoms with van der Waals surface area (Å²) in [5.74, 6) is 0. The molecule has 1 aromatic rings. The third-order valence-corrected chi connectivity index (χ3v) is 7.61. The van der Waals surface area contributed by atoms with Crippen LogP contribution < -0.4 is 4.46 Å². The summed E-state index contributed by atoms with van der Waals surface area (Å²) in [6, 6.07) is 8.45. The second-order valence-electron chi connectivity index (χ2n) is 5.00. The molecule has 0 aromatic heterocycles. The number of rotatable bonds is 2. The van der Waals surface area contributed by atoms with Gasteiger partial charge in [0.05, 0.1) is 0 Å². The summed E-state index contributed by atoms with van der Waals surface area (Å²) >= 11 is -4.32. The average molecular weight is 299 g/mol. The second-order valence-corrected chi connectivity index (χ2v) is 9.03. The van der Waals surface area contributed by atoms with Crippen molar-refractivity contribution in [1.29, 1.82) is 0 Å². The van der Waals surface area contributed by atoms with Crippen LogP contribution >= 0.6 is 0 Å². The first-order valence-electron chi connectivity index (χ1n) is 5.54. The van der Waals surface area contributed by atoms with Crippen molar-refractivity contribution >= 4 is 17.2 Å². The molecule has 0 fully saturated rings. The minimum absolute atomic E-state index is 0.358. The number of allylic oxidation sites excluding steroid dienone is 1. The van der Waals surface area contributed by atoms with Gasteiger partial charge >= 0.3 is 103 Å². The standard InChI is InChI=1S/C13H16O3Se/c1-13(2)9-10(14)8-12(13)17(15,16)11-6-4-3-5-7-11/h3-8,10,14H,9H2,1-2H3. The summed E-state index contributed by atoms with van der Waals surface area (Å²) in [7, 11) is 0. The monoisotopic (exact) mass is 300 g/mol. The molecule has 3 nitrogen and oxygen atoms in total. The van der Waals surface area contributed by atoms with Gasteiger partial charge in [-0.1, -0.05) is 0 Å². The van der Waals surface area contributed by atoms with E-state index in [1.54, 1.807) is 30.3 Å². The van der Waals surface area contributed by atoms with Crippen molar-refractivity contribution in [2.45, 2.75) is 26.4 Å². The van der Waals surface area contributed by atoms with E-state index in [0.717, 1.165) is 0 Å². The molecule has 0 heterocycles. The zero-order valence-electron chi connectivity index (χ0n) is 9.92. The van der Waals surface area contributed by atoms with Crippen molar-refractivity contribution in [3.8, 4) is 0 Å². The third-order valence-electron chi connectivity index (χ3n) is 3.07. The minimum atomic E-state index is -4.32. The summed E-state index contributed by atoms with van der Waals surface area (Å²) in [5, 5.41) is 9.62. The van der Waals surface area contributed by atoms with E-state index in [0.29, 0.717) is 15.4 Å². The van der Waals surface area contributed by atoms with E-state index in [2.05, 4.69) is 0 Å². The summed E-state index contributed by atoms with van der Waals surface area (Å²) in [4.78, 5) is 0. The predicted molar refractivity (Wildman–Crippen MR) is 65.7 cm³/mol. The first-order valence-corrected chi connectivity index (χ1v) is 8.66. The maximum absolute atomic E-state index is 12.5. The van der Waals surface area contributed by atoms with Crippen LogP contribution in [0.15, 0.2) is 40.9 Å². The Morgan fingerprint density at radius 1 is 1.24 bits per heavy atom. The van der Waals surface area contributed by atoms with Crippen molar-refractivity contribution in [3.63, 3.8) is 0 Å². The third kappa shape index (κ3) is 2.21. The first kappa shape index (κ1) is 12.5. The van der Waals surface area contributed by atoms with E-state index in [1.165, 1.54) is 6.08 Å². The van der Waals surface area contributed by atoms with E-state index in [-0.39, 0.29) is 0 Å². The Morgan fingerprint density at radius 3 is 2.29 bits per heavy atom. The molecule has 1 aliphatic carbocycles. The van der Waals surface area contributed by atoms with Gasteiger partial charge in [0.2, 0.25) is 0 Å². The molecule has 1 unspecified atom stereocenters. The molecule has 1 atom stereocenters. The van der Waals surface area contributed by atoms with Crippen molar-refractivity contribution in [2.24, 2.45) is 5.41 Å². The summed E-state index contributed by atoms with van der Waals surface area (Å²) in [6.45, 7) is 3.72. The van der Waals surface area contributed by atoms with Crippen molar-refractivity contribution < 1.29 is 12.8 Å². The number of hydrogen-bond acceptors (Lipinski definition) is 3. The van der Waals surface area contributed by atoms with E-state index in [4.69, 9.17) is 0 Å². The van der Waals surface area contributed by atoms with Crippen LogP contribution in [0.1, 0.15) is 20.3 Å². The topological polar surface area (TPSA) is 54.4 Å². The van der Waals surface area contributed by atoms with Crippen LogP contribution in [0, 0.1) is 5.41 Å². The van der Waals surface area contributed by atoms with Gasteiger partial charge in [0, 0.05) is 0 Å². The van der Waals surface area contributed by atoms with Gasteiger partial charge in [-0.05, 0) is 0 Å². The normalized spacial score (nSPS) is 23.5. The molecule has 0 radical (unpaired) electrons. The fraction of sp³-hybridized carbons (Fsp3) is 0.385. The SMILES string of the molecule is CC1(C)CC(O)C=C1[Se](=O)(=O)c1ccccc1. The van der Waals surface area contributed by atoms with E-state index >= 15 is 0 Å². The van der Waals surface area contributed by atoms with Crippen molar-refractivity contribution in [1.82, 2.24) is 0 Å². The molecule has 0 saturated heterocycles. The maximum atomic E-state index is 12.5. The van der Waals surface area contributed by atoms with E-state index < -0.39 is 24.2 Å². The van der Waals surface area contributed by atoms with E-state index in [1.807, 2.05) is 13.8 Å². The molecule has 0 aliphatic heterocycles. The summed E-state index contributed by atoms with van der Waals surface area (Å²) in [5.41, 5.74) is -0.473. The van der Waals surface area contributed by atoms with Gasteiger partial charge in [0.15, 0.2) is 0 Å². The zero-order valence-corrected chi connectivity index (χ0v) is 11.6. The predicted octanol–water partition coefficient (Wildman–Crippen LogP) is 1.45. The quantitative estimate of drug-likeness (QED) is 0.841. The van der Waals surface area contributed by atoms with Gasteiger partial charge in [-0.15, -0.1) is 0 Å². The number of aliphatic hydroxyl groups excluding tert-OH is 1. The van der Waals surface area contributed by atoms with Crippen LogP contribution in [0.5, 0.6) is 0 Å². The molecule has 2 rings (SSSR count). The van der Waals surface area contributed by atoms with E-state index in [9.17, 15) is 12.8 Å². The molecule has 1 N–H and O–H groups in total. The molecule has 0 amide bonds. The molecule has 0 saturated carbocycles. The van der Waals surface area contributed by atoms with Crippen molar-refractivity contribution in [3.05, 3.63) is 40.9 Å². The molecule has 1 aliphatic rings. The molecule has 1 aromatic carbocycles. The molecule has 4 heteroatoms. The fourth-order valence-corrected chi connectivity index (χ4v) is 6.28. The van der Waals surface area contributed by atoms with Gasteiger partial charge < -0.3 is 0 Å². The molecule has 0 spiro atoms. The van der Waals surface area contributed by atoms with Crippen molar-refractivity contribution in [2.75, 3.05) is 0 Å². The molecular formula is C13H16O3Se. The second kappa shape index (κ2) is 4.05. The molecule has 0 bridgehead atoms. The van der Waals surface area contributed by atoms with Gasteiger partial charge in [-0.25, -0.2) is 0 Å². The molecule has 17 heavy (non-hydrogen) atoms.